The first-order valence-electron chi connectivity index (χ1n) is 6.11. The van der Waals surface area contributed by atoms with Crippen LogP contribution in [0, 0.1) is 6.92 Å². The molecule has 6 heteroatoms. The molecule has 1 saturated heterocycles. The first kappa shape index (κ1) is 11.0. The molecule has 1 aliphatic rings. The number of aromatic amines is 1. The van der Waals surface area contributed by atoms with Crippen LogP contribution in [0.25, 0.3) is 0 Å². The van der Waals surface area contributed by atoms with Gasteiger partial charge >= 0.3 is 0 Å². The van der Waals surface area contributed by atoms with E-state index in [0.717, 1.165) is 36.6 Å². The summed E-state index contributed by atoms with van der Waals surface area (Å²) < 4.78 is 0. The molecule has 3 rings (SSSR count). The normalized spacial score (nSPS) is 19.4. The lowest BCUT2D eigenvalue weighted by atomic mass is 10.1. The van der Waals surface area contributed by atoms with Crippen LogP contribution in [-0.4, -0.2) is 26.7 Å². The van der Waals surface area contributed by atoms with Crippen LogP contribution in [0.4, 0.5) is 11.8 Å². The van der Waals surface area contributed by atoms with Gasteiger partial charge in [-0.15, -0.1) is 0 Å². The largest absolute Gasteiger partial charge is 0.368 e. The Morgan fingerprint density at radius 1 is 1.44 bits per heavy atom. The number of nitrogens with two attached hydrogens (primary N) is 1. The molecule has 1 atom stereocenters. The van der Waals surface area contributed by atoms with Gasteiger partial charge in [0.05, 0.1) is 11.7 Å². The van der Waals surface area contributed by atoms with Crippen molar-refractivity contribution in [3.05, 3.63) is 29.7 Å². The van der Waals surface area contributed by atoms with Crippen molar-refractivity contribution >= 4 is 11.8 Å². The van der Waals surface area contributed by atoms with Crippen LogP contribution in [0.5, 0.6) is 0 Å². The Morgan fingerprint density at radius 2 is 2.33 bits per heavy atom. The number of H-pyrrole nitrogens is 1. The molecule has 3 N–H and O–H groups in total. The third-order valence-corrected chi connectivity index (χ3v) is 3.29. The Kier molecular flexibility index (Phi) is 2.62. The maximum absolute atomic E-state index is 5.72. The fourth-order valence-electron chi connectivity index (χ4n) is 2.54. The monoisotopic (exact) mass is 244 g/mol. The van der Waals surface area contributed by atoms with E-state index in [1.807, 2.05) is 19.1 Å². The lowest BCUT2D eigenvalue weighted by Crippen LogP contribution is -2.24. The van der Waals surface area contributed by atoms with Crippen LogP contribution in [0.1, 0.15) is 30.3 Å². The molecule has 0 spiro atoms. The highest BCUT2D eigenvalue weighted by atomic mass is 15.3. The van der Waals surface area contributed by atoms with Crippen molar-refractivity contribution in [1.29, 1.82) is 0 Å². The van der Waals surface area contributed by atoms with Crippen molar-refractivity contribution in [3.8, 4) is 0 Å². The maximum Gasteiger partial charge on any atom is 0.222 e. The number of aryl methyl sites for hydroxylation is 1. The Labute approximate surface area is 105 Å². The topological polar surface area (TPSA) is 83.7 Å². The summed E-state index contributed by atoms with van der Waals surface area (Å²) in [4.78, 5) is 10.7. The van der Waals surface area contributed by atoms with Gasteiger partial charge in [-0.1, -0.05) is 0 Å². The molecule has 2 aromatic heterocycles. The molecule has 1 fully saturated rings. The molecular weight excluding hydrogens is 228 g/mol. The minimum Gasteiger partial charge on any atom is -0.368 e. The summed E-state index contributed by atoms with van der Waals surface area (Å²) in [5, 5.41) is 7.06. The second-order valence-electron chi connectivity index (χ2n) is 4.59. The smallest absolute Gasteiger partial charge is 0.222 e. The third kappa shape index (κ3) is 1.90. The second kappa shape index (κ2) is 4.29. The van der Waals surface area contributed by atoms with Gasteiger partial charge in [-0.2, -0.15) is 10.1 Å². The van der Waals surface area contributed by atoms with Crippen molar-refractivity contribution in [3.63, 3.8) is 0 Å². The van der Waals surface area contributed by atoms with Crippen LogP contribution in [0.3, 0.4) is 0 Å². The number of anilines is 2. The van der Waals surface area contributed by atoms with Crippen LogP contribution in [0.15, 0.2) is 18.3 Å². The first-order chi connectivity index (χ1) is 8.74. The van der Waals surface area contributed by atoms with Crippen molar-refractivity contribution in [2.75, 3.05) is 17.2 Å². The Hall–Kier alpha value is -2.11. The maximum atomic E-state index is 5.72. The zero-order chi connectivity index (χ0) is 12.5. The van der Waals surface area contributed by atoms with Crippen molar-refractivity contribution in [2.45, 2.75) is 25.8 Å². The first-order valence-corrected chi connectivity index (χ1v) is 6.11. The predicted molar refractivity (Wildman–Crippen MR) is 69.1 cm³/mol. The molecule has 94 valence electrons. The highest BCUT2D eigenvalue weighted by Gasteiger charge is 2.28. The van der Waals surface area contributed by atoms with Gasteiger partial charge in [0.25, 0.3) is 0 Å². The molecule has 0 amide bonds. The summed E-state index contributed by atoms with van der Waals surface area (Å²) in [6.07, 6.45) is 4.03. The summed E-state index contributed by atoms with van der Waals surface area (Å²) in [6.45, 7) is 2.92. The summed E-state index contributed by atoms with van der Waals surface area (Å²) in [5.41, 5.74) is 7.75. The molecule has 3 heterocycles. The van der Waals surface area contributed by atoms with E-state index in [2.05, 4.69) is 25.1 Å². The van der Waals surface area contributed by atoms with E-state index in [4.69, 9.17) is 5.73 Å². The average Bonchev–Trinajstić information content (AvgIpc) is 2.98. The van der Waals surface area contributed by atoms with E-state index in [0.29, 0.717) is 12.0 Å². The number of nitrogen functional groups attached to an aromatic ring is 1. The molecule has 1 unspecified atom stereocenters. The quantitative estimate of drug-likeness (QED) is 0.835. The van der Waals surface area contributed by atoms with Gasteiger partial charge in [0, 0.05) is 24.5 Å². The summed E-state index contributed by atoms with van der Waals surface area (Å²) in [5.74, 6) is 1.23. The van der Waals surface area contributed by atoms with Gasteiger partial charge in [-0.25, -0.2) is 4.98 Å². The highest BCUT2D eigenvalue weighted by molar-refractivity contribution is 5.46. The molecule has 18 heavy (non-hydrogen) atoms. The summed E-state index contributed by atoms with van der Waals surface area (Å²) in [7, 11) is 0. The standard InChI is InChI=1S/C12H16N6/c1-8-7-11(16-12(13)15-8)18-6-2-3-10(18)9-4-5-14-17-9/h4-5,7,10H,2-3,6H2,1H3,(H,14,17)(H2,13,15,16). The number of rotatable bonds is 2. The average molecular weight is 244 g/mol. The van der Waals surface area contributed by atoms with Crippen molar-refractivity contribution in [1.82, 2.24) is 20.2 Å². The highest BCUT2D eigenvalue weighted by Crippen LogP contribution is 2.34. The Balaban J connectivity index is 1.95. The van der Waals surface area contributed by atoms with Crippen LogP contribution < -0.4 is 10.6 Å². The number of hydrogen-bond donors (Lipinski definition) is 2. The molecule has 0 aliphatic carbocycles. The lowest BCUT2D eigenvalue weighted by molar-refractivity contribution is 0.683. The molecule has 6 nitrogen and oxygen atoms in total. The van der Waals surface area contributed by atoms with Crippen LogP contribution >= 0.6 is 0 Å². The summed E-state index contributed by atoms with van der Waals surface area (Å²) in [6, 6.07) is 4.30. The molecule has 1 aliphatic heterocycles. The van der Waals surface area contributed by atoms with Crippen molar-refractivity contribution in [2.24, 2.45) is 0 Å². The SMILES string of the molecule is Cc1cc(N2CCCC2c2ccn[nH]2)nc(N)n1. The Bertz CT molecular complexity index is 515. The Morgan fingerprint density at radius 3 is 3.06 bits per heavy atom. The van der Waals surface area contributed by atoms with Crippen LogP contribution in [0.2, 0.25) is 0 Å². The van der Waals surface area contributed by atoms with E-state index in [-0.39, 0.29) is 0 Å². The van der Waals surface area contributed by atoms with E-state index in [1.54, 1.807) is 6.20 Å². The minimum absolute atomic E-state index is 0.307. The third-order valence-electron chi connectivity index (χ3n) is 3.29. The van der Waals surface area contributed by atoms with E-state index < -0.39 is 0 Å². The van der Waals surface area contributed by atoms with Gasteiger partial charge in [0.15, 0.2) is 0 Å². The van der Waals surface area contributed by atoms with Gasteiger partial charge in [0.2, 0.25) is 5.95 Å². The second-order valence-corrected chi connectivity index (χ2v) is 4.59. The van der Waals surface area contributed by atoms with Gasteiger partial charge in [0.1, 0.15) is 5.82 Å². The molecule has 0 aromatic carbocycles. The molecule has 0 radical (unpaired) electrons. The predicted octanol–water partition coefficient (Wildman–Crippen LogP) is 1.43. The van der Waals surface area contributed by atoms with Gasteiger partial charge < -0.3 is 10.6 Å². The fourth-order valence-corrected chi connectivity index (χ4v) is 2.54. The summed E-state index contributed by atoms with van der Waals surface area (Å²) >= 11 is 0. The van der Waals surface area contributed by atoms with Gasteiger partial charge in [-0.3, -0.25) is 5.10 Å². The van der Waals surface area contributed by atoms with E-state index in [9.17, 15) is 0 Å². The zero-order valence-electron chi connectivity index (χ0n) is 10.3. The number of aromatic nitrogens is 4. The minimum atomic E-state index is 0.307. The molecule has 0 saturated carbocycles. The number of hydrogen-bond acceptors (Lipinski definition) is 5. The number of nitrogens with one attached hydrogen (secondary N) is 1. The molecule has 2 aromatic rings. The fraction of sp³-hybridized carbons (Fsp3) is 0.417. The zero-order valence-corrected chi connectivity index (χ0v) is 10.3. The van der Waals surface area contributed by atoms with Gasteiger partial charge in [-0.05, 0) is 25.8 Å². The number of nitrogens with zero attached hydrogens (tertiary/aromatic N) is 4. The van der Waals surface area contributed by atoms with Crippen LogP contribution in [-0.2, 0) is 0 Å². The van der Waals surface area contributed by atoms with E-state index >= 15 is 0 Å². The lowest BCUT2D eigenvalue weighted by Gasteiger charge is -2.25. The molecular formula is C12H16N6. The van der Waals surface area contributed by atoms with E-state index in [1.165, 1.54) is 0 Å². The molecule has 0 bridgehead atoms. The van der Waals surface area contributed by atoms with Crippen molar-refractivity contribution < 1.29 is 0 Å².